The number of primary amides is 2. The van der Waals surface area contributed by atoms with Crippen molar-refractivity contribution in [3.8, 4) is 0 Å². The topological polar surface area (TPSA) is 261 Å². The summed E-state index contributed by atoms with van der Waals surface area (Å²) in [4.78, 5) is 98.3. The van der Waals surface area contributed by atoms with Gasteiger partial charge in [0.1, 0.15) is 18.7 Å². The second kappa shape index (κ2) is 18.6. The Morgan fingerprint density at radius 3 is 1.81 bits per heavy atom. The molecule has 17 nitrogen and oxygen atoms in total. The molecule has 1 aromatic carbocycles. The van der Waals surface area contributed by atoms with Crippen LogP contribution in [0.15, 0.2) is 36.4 Å². The number of esters is 1. The summed E-state index contributed by atoms with van der Waals surface area (Å²) in [5.74, 6) is -3.41. The molecule has 0 radical (unpaired) electrons. The number of nitrogens with two attached hydrogens (primary N) is 2. The zero-order valence-corrected chi connectivity index (χ0v) is 27.3. The Balaban J connectivity index is 2.11. The first-order chi connectivity index (χ1) is 22.6. The van der Waals surface area contributed by atoms with Gasteiger partial charge in [0, 0.05) is 43.9 Å². The maximum Gasteiger partial charge on any atom is 0.312 e. The van der Waals surface area contributed by atoms with Gasteiger partial charge < -0.3 is 42.8 Å². The van der Waals surface area contributed by atoms with Crippen molar-refractivity contribution in [3.63, 3.8) is 0 Å². The van der Waals surface area contributed by atoms with Gasteiger partial charge in [0.2, 0.25) is 17.7 Å². The van der Waals surface area contributed by atoms with Crippen LogP contribution in [0.2, 0.25) is 0 Å². The van der Waals surface area contributed by atoms with E-state index in [2.05, 4.69) is 26.6 Å². The predicted octanol–water partition coefficient (Wildman–Crippen LogP) is -0.104. The molecule has 0 aliphatic carbocycles. The van der Waals surface area contributed by atoms with Gasteiger partial charge in [-0.05, 0) is 64.2 Å². The van der Waals surface area contributed by atoms with E-state index in [9.17, 15) is 38.4 Å². The van der Waals surface area contributed by atoms with E-state index >= 15 is 0 Å². The standard InChI is InChI=1S/C31H44N8O9/c1-31(2,3)28(45)48-18-19-8-10-20(11-9-19)36-26(43)22(7-5-16-35-30(33)47)38-27(44)21(6-4-15-34-29(32)46)37-23(40)14-17-39-24(41)12-13-25(39)42/h8-13,21-22H,4-7,14-18H2,1-3H3,(H,36,43)(H,37,40)(H,38,44)(H3,32,34,46)(H3,33,35,47)/t21-,22-/m0/s1. The summed E-state index contributed by atoms with van der Waals surface area (Å²) in [5, 5.41) is 12.7. The predicted molar refractivity (Wildman–Crippen MR) is 172 cm³/mol. The molecule has 1 aromatic rings. The van der Waals surface area contributed by atoms with Gasteiger partial charge in [-0.2, -0.15) is 0 Å². The van der Waals surface area contributed by atoms with Crippen LogP contribution in [0.25, 0.3) is 0 Å². The lowest BCUT2D eigenvalue weighted by atomic mass is 9.97. The molecule has 0 aromatic heterocycles. The summed E-state index contributed by atoms with van der Waals surface area (Å²) >= 11 is 0. The van der Waals surface area contributed by atoms with E-state index in [4.69, 9.17) is 16.2 Å². The summed E-state index contributed by atoms with van der Waals surface area (Å²) in [6.07, 6.45) is 2.50. The van der Waals surface area contributed by atoms with Crippen molar-refractivity contribution in [2.45, 2.75) is 71.6 Å². The monoisotopic (exact) mass is 672 g/mol. The maximum atomic E-state index is 13.4. The number of hydrogen-bond acceptors (Lipinski definition) is 9. The summed E-state index contributed by atoms with van der Waals surface area (Å²) < 4.78 is 5.31. The largest absolute Gasteiger partial charge is 0.460 e. The minimum atomic E-state index is -1.16. The van der Waals surface area contributed by atoms with E-state index in [1.807, 2.05) is 0 Å². The van der Waals surface area contributed by atoms with Crippen LogP contribution < -0.4 is 38.1 Å². The van der Waals surface area contributed by atoms with E-state index in [-0.39, 0.29) is 64.3 Å². The highest BCUT2D eigenvalue weighted by Gasteiger charge is 2.28. The minimum Gasteiger partial charge on any atom is -0.460 e. The molecule has 0 spiro atoms. The average molecular weight is 673 g/mol. The Labute approximate surface area is 277 Å². The number of urea groups is 2. The summed E-state index contributed by atoms with van der Waals surface area (Å²) in [7, 11) is 0. The number of carbonyl (C=O) groups is 8. The van der Waals surface area contributed by atoms with Crippen LogP contribution in [0.1, 0.15) is 58.4 Å². The van der Waals surface area contributed by atoms with Gasteiger partial charge in [-0.3, -0.25) is 33.7 Å². The highest BCUT2D eigenvalue weighted by molar-refractivity contribution is 6.13. The summed E-state index contributed by atoms with van der Waals surface area (Å²) in [6.45, 7) is 5.28. The third kappa shape index (κ3) is 13.9. The molecule has 0 saturated heterocycles. The lowest BCUT2D eigenvalue weighted by molar-refractivity contribution is -0.154. The fraction of sp³-hybridized carbons (Fsp3) is 0.484. The number of carbonyl (C=O) groups excluding carboxylic acids is 8. The maximum absolute atomic E-state index is 13.4. The number of nitrogens with zero attached hydrogens (tertiary/aromatic N) is 1. The van der Waals surface area contributed by atoms with Crippen molar-refractivity contribution in [2.75, 3.05) is 25.0 Å². The molecule has 2 rings (SSSR count). The van der Waals surface area contributed by atoms with E-state index < -0.39 is 59.1 Å². The van der Waals surface area contributed by atoms with Crippen LogP contribution in [0.4, 0.5) is 15.3 Å². The van der Waals surface area contributed by atoms with Gasteiger partial charge in [-0.15, -0.1) is 0 Å². The van der Waals surface area contributed by atoms with E-state index in [0.717, 1.165) is 17.1 Å². The molecule has 17 heteroatoms. The Bertz CT molecular complexity index is 1370. The number of hydrogen-bond donors (Lipinski definition) is 7. The Morgan fingerprint density at radius 1 is 0.792 bits per heavy atom. The summed E-state index contributed by atoms with van der Waals surface area (Å²) in [5.41, 5.74) is 10.6. The average Bonchev–Trinajstić information content (AvgIpc) is 3.33. The van der Waals surface area contributed by atoms with Crippen LogP contribution in [0.5, 0.6) is 0 Å². The molecule has 0 unspecified atom stereocenters. The zero-order chi connectivity index (χ0) is 35.9. The van der Waals surface area contributed by atoms with Crippen LogP contribution in [0.3, 0.4) is 0 Å². The molecule has 1 aliphatic heterocycles. The molecule has 9 N–H and O–H groups in total. The zero-order valence-electron chi connectivity index (χ0n) is 27.3. The molecular formula is C31H44N8O9. The highest BCUT2D eigenvalue weighted by Crippen LogP contribution is 2.18. The van der Waals surface area contributed by atoms with E-state index in [1.165, 1.54) is 0 Å². The second-order valence-electron chi connectivity index (χ2n) is 12.0. The molecule has 0 bridgehead atoms. The first-order valence-electron chi connectivity index (χ1n) is 15.3. The van der Waals surface area contributed by atoms with Crippen molar-refractivity contribution in [1.82, 2.24) is 26.2 Å². The van der Waals surface area contributed by atoms with Crippen molar-refractivity contribution in [1.29, 1.82) is 0 Å². The normalized spacial score (nSPS) is 13.7. The number of imide groups is 1. The molecular weight excluding hydrogens is 628 g/mol. The first-order valence-corrected chi connectivity index (χ1v) is 15.3. The third-order valence-electron chi connectivity index (χ3n) is 6.89. The number of nitrogens with one attached hydrogen (secondary N) is 5. The SMILES string of the molecule is CC(C)(C)C(=O)OCc1ccc(NC(=O)[C@H](CCCNC(N)=O)NC(=O)[C@H](CCCNC(N)=O)NC(=O)CCN2C(=O)C=CC2=O)cc1. The fourth-order valence-corrected chi connectivity index (χ4v) is 4.26. The van der Waals surface area contributed by atoms with Gasteiger partial charge in [0.25, 0.3) is 11.8 Å². The van der Waals surface area contributed by atoms with Crippen molar-refractivity contribution < 1.29 is 43.1 Å². The van der Waals surface area contributed by atoms with Crippen molar-refractivity contribution >= 4 is 53.3 Å². The first kappa shape index (κ1) is 38.7. The Hall–Kier alpha value is -5.48. The summed E-state index contributed by atoms with van der Waals surface area (Å²) in [6, 6.07) is 2.74. The lowest BCUT2D eigenvalue weighted by Crippen LogP contribution is -2.53. The Morgan fingerprint density at radius 2 is 1.31 bits per heavy atom. The van der Waals surface area contributed by atoms with Gasteiger partial charge in [0.05, 0.1) is 5.41 Å². The smallest absolute Gasteiger partial charge is 0.312 e. The number of benzene rings is 1. The van der Waals surface area contributed by atoms with Gasteiger partial charge in [-0.25, -0.2) is 9.59 Å². The van der Waals surface area contributed by atoms with Gasteiger partial charge >= 0.3 is 18.0 Å². The molecule has 262 valence electrons. The lowest BCUT2D eigenvalue weighted by Gasteiger charge is -2.24. The highest BCUT2D eigenvalue weighted by atomic mass is 16.5. The van der Waals surface area contributed by atoms with Gasteiger partial charge in [-0.1, -0.05) is 12.1 Å². The van der Waals surface area contributed by atoms with E-state index in [0.29, 0.717) is 11.3 Å². The van der Waals surface area contributed by atoms with Crippen molar-refractivity contribution in [3.05, 3.63) is 42.0 Å². The number of anilines is 1. The number of amides is 9. The number of rotatable bonds is 18. The third-order valence-corrected chi connectivity index (χ3v) is 6.89. The molecule has 2 atom stereocenters. The van der Waals surface area contributed by atoms with Crippen LogP contribution in [-0.2, 0) is 40.1 Å². The fourth-order valence-electron chi connectivity index (χ4n) is 4.26. The van der Waals surface area contributed by atoms with Crippen molar-refractivity contribution in [2.24, 2.45) is 16.9 Å². The van der Waals surface area contributed by atoms with Crippen LogP contribution in [0, 0.1) is 5.41 Å². The molecule has 48 heavy (non-hydrogen) atoms. The Kier molecular flexibility index (Phi) is 15.0. The van der Waals surface area contributed by atoms with Crippen LogP contribution >= 0.6 is 0 Å². The molecule has 0 fully saturated rings. The molecule has 0 saturated carbocycles. The molecule has 9 amide bonds. The quantitative estimate of drug-likeness (QED) is 0.0623. The van der Waals surface area contributed by atoms with E-state index in [1.54, 1.807) is 45.0 Å². The van der Waals surface area contributed by atoms with Gasteiger partial charge in [0.15, 0.2) is 0 Å². The number of ether oxygens (including phenoxy) is 1. The minimum absolute atomic E-state index is 0.0412. The molecule has 1 aliphatic rings. The van der Waals surface area contributed by atoms with Crippen LogP contribution in [-0.4, -0.2) is 84.2 Å². The second-order valence-corrected chi connectivity index (χ2v) is 12.0. The molecule has 1 heterocycles.